The number of nitrogens with one attached hydrogen (secondary N) is 1. The zero-order chi connectivity index (χ0) is 27.3. The van der Waals surface area contributed by atoms with E-state index in [1.54, 1.807) is 55.3 Å². The number of benzene rings is 3. The summed E-state index contributed by atoms with van der Waals surface area (Å²) in [4.78, 5) is 38.6. The molecule has 0 saturated heterocycles. The Bertz CT molecular complexity index is 1230. The highest BCUT2D eigenvalue weighted by Crippen LogP contribution is 2.23. The summed E-state index contributed by atoms with van der Waals surface area (Å²) in [7, 11) is 1.71. The lowest BCUT2D eigenvalue weighted by Gasteiger charge is -2.21. The van der Waals surface area contributed by atoms with Gasteiger partial charge in [-0.05, 0) is 62.2 Å². The van der Waals surface area contributed by atoms with Crippen molar-refractivity contribution in [3.05, 3.63) is 89.5 Å². The van der Waals surface area contributed by atoms with Crippen LogP contribution in [-0.2, 0) is 20.9 Å². The quantitative estimate of drug-likeness (QED) is 0.227. The Kier molecular flexibility index (Phi) is 10.9. The van der Waals surface area contributed by atoms with Crippen LogP contribution in [0.4, 0.5) is 11.4 Å². The maximum Gasteiger partial charge on any atom is 0.305 e. The number of amides is 2. The van der Waals surface area contributed by atoms with Crippen molar-refractivity contribution in [2.75, 3.05) is 30.5 Å². The number of unbranched alkanes of at least 4 members (excludes halogenated alkanes) is 2. The number of aromatic hydroxyl groups is 1. The lowest BCUT2D eigenvalue weighted by molar-refractivity contribution is -0.143. The smallest absolute Gasteiger partial charge is 0.305 e. The third-order valence-corrected chi connectivity index (χ3v) is 5.93. The van der Waals surface area contributed by atoms with Crippen LogP contribution < -0.4 is 10.2 Å². The second kappa shape index (κ2) is 14.5. The van der Waals surface area contributed by atoms with Crippen LogP contribution in [0.3, 0.4) is 0 Å². The molecule has 0 unspecified atom stereocenters. The van der Waals surface area contributed by atoms with Crippen molar-refractivity contribution in [3.8, 4) is 5.75 Å². The lowest BCUT2D eigenvalue weighted by atomic mass is 10.1. The predicted octanol–water partition coefficient (Wildman–Crippen LogP) is 5.56. The van der Waals surface area contributed by atoms with E-state index >= 15 is 0 Å². The van der Waals surface area contributed by atoms with Gasteiger partial charge >= 0.3 is 5.97 Å². The van der Waals surface area contributed by atoms with E-state index in [1.807, 2.05) is 24.3 Å². The molecule has 0 fully saturated rings. The predicted molar refractivity (Wildman–Crippen MR) is 146 cm³/mol. The number of rotatable bonds is 13. The first-order valence-electron chi connectivity index (χ1n) is 12.7. The normalized spacial score (nSPS) is 10.6. The third-order valence-electron chi connectivity index (χ3n) is 5.93. The number of phenols is 1. The number of carbonyl (C=O) groups excluding carboxylic acids is 3. The molecule has 0 saturated carbocycles. The minimum Gasteiger partial charge on any atom is -0.507 e. The zero-order valence-corrected chi connectivity index (χ0v) is 21.8. The molecule has 8 heteroatoms. The summed E-state index contributed by atoms with van der Waals surface area (Å²) in [5.74, 6) is -0.904. The van der Waals surface area contributed by atoms with Crippen LogP contribution >= 0.6 is 0 Å². The van der Waals surface area contributed by atoms with Gasteiger partial charge in [0.15, 0.2) is 0 Å². The van der Waals surface area contributed by atoms with Gasteiger partial charge in [0.25, 0.3) is 11.8 Å². The van der Waals surface area contributed by atoms with Crippen LogP contribution in [0.15, 0.2) is 72.8 Å². The minimum atomic E-state index is -0.438. The highest BCUT2D eigenvalue weighted by molar-refractivity contribution is 6.08. The van der Waals surface area contributed by atoms with Gasteiger partial charge in [-0.25, -0.2) is 0 Å². The first-order chi connectivity index (χ1) is 18.4. The van der Waals surface area contributed by atoms with Crippen molar-refractivity contribution >= 4 is 29.2 Å². The summed E-state index contributed by atoms with van der Waals surface area (Å²) >= 11 is 0. The van der Waals surface area contributed by atoms with E-state index in [0.717, 1.165) is 30.5 Å². The molecule has 0 aliphatic rings. The maximum absolute atomic E-state index is 13.2. The molecule has 0 radical (unpaired) electrons. The van der Waals surface area contributed by atoms with Gasteiger partial charge in [0, 0.05) is 42.6 Å². The second-order valence-electron chi connectivity index (χ2n) is 8.71. The first kappa shape index (κ1) is 28.4. The van der Waals surface area contributed by atoms with E-state index in [2.05, 4.69) is 5.32 Å². The molecule has 3 aromatic carbocycles. The van der Waals surface area contributed by atoms with Crippen molar-refractivity contribution in [3.63, 3.8) is 0 Å². The van der Waals surface area contributed by atoms with Crippen molar-refractivity contribution in [1.82, 2.24) is 0 Å². The number of esters is 1. The molecule has 0 spiro atoms. The Morgan fingerprint density at radius 3 is 2.34 bits per heavy atom. The van der Waals surface area contributed by atoms with Crippen LogP contribution in [-0.4, -0.2) is 43.2 Å². The Morgan fingerprint density at radius 1 is 0.895 bits per heavy atom. The summed E-state index contributed by atoms with van der Waals surface area (Å²) in [5.41, 5.74) is 2.78. The topological polar surface area (TPSA) is 105 Å². The molecule has 3 rings (SSSR count). The number of phenolic OH excluding ortho intramolecular Hbond substituents is 1. The maximum atomic E-state index is 13.2. The van der Waals surface area contributed by atoms with Gasteiger partial charge < -0.3 is 24.8 Å². The van der Waals surface area contributed by atoms with Crippen LogP contribution in [0.1, 0.15) is 58.9 Å². The van der Waals surface area contributed by atoms with Crippen LogP contribution in [0, 0.1) is 0 Å². The van der Waals surface area contributed by atoms with Gasteiger partial charge in [-0.1, -0.05) is 36.8 Å². The van der Waals surface area contributed by atoms with Gasteiger partial charge in [0.05, 0.1) is 18.8 Å². The van der Waals surface area contributed by atoms with Gasteiger partial charge in [-0.15, -0.1) is 0 Å². The molecular weight excluding hydrogens is 484 g/mol. The van der Waals surface area contributed by atoms with E-state index in [-0.39, 0.29) is 23.2 Å². The SMILES string of the molecule is CCOC(=O)CCCCCOCc1ccccc1N(C)C(=O)c1ccc(NC(=O)c2ccccc2O)cc1. The van der Waals surface area contributed by atoms with Gasteiger partial charge in [-0.3, -0.25) is 14.4 Å². The Hall–Kier alpha value is -4.17. The van der Waals surface area contributed by atoms with Gasteiger partial charge in [0.2, 0.25) is 0 Å². The molecule has 2 amide bonds. The molecule has 0 aromatic heterocycles. The number of ether oxygens (including phenoxy) is 2. The van der Waals surface area contributed by atoms with Crippen LogP contribution in [0.25, 0.3) is 0 Å². The Balaban J connectivity index is 1.53. The molecule has 8 nitrogen and oxygen atoms in total. The fourth-order valence-electron chi connectivity index (χ4n) is 3.89. The van der Waals surface area contributed by atoms with E-state index in [0.29, 0.717) is 37.5 Å². The zero-order valence-electron chi connectivity index (χ0n) is 21.8. The highest BCUT2D eigenvalue weighted by Gasteiger charge is 2.17. The largest absolute Gasteiger partial charge is 0.507 e. The molecular formula is C30H34N2O6. The second-order valence-corrected chi connectivity index (χ2v) is 8.71. The van der Waals surface area contributed by atoms with Crippen molar-refractivity contribution in [1.29, 1.82) is 0 Å². The number of anilines is 2. The van der Waals surface area contributed by atoms with Crippen molar-refractivity contribution in [2.45, 2.75) is 39.2 Å². The third kappa shape index (κ3) is 8.18. The summed E-state index contributed by atoms with van der Waals surface area (Å²) in [6.45, 7) is 3.13. The molecule has 3 aromatic rings. The van der Waals surface area contributed by atoms with E-state index < -0.39 is 5.91 Å². The molecule has 0 atom stereocenters. The number of hydrogen-bond donors (Lipinski definition) is 2. The lowest BCUT2D eigenvalue weighted by Crippen LogP contribution is -2.27. The van der Waals surface area contributed by atoms with Gasteiger partial charge in [-0.2, -0.15) is 0 Å². The van der Waals surface area contributed by atoms with E-state index in [1.165, 1.54) is 12.1 Å². The Labute approximate surface area is 223 Å². The first-order valence-corrected chi connectivity index (χ1v) is 12.7. The fraction of sp³-hybridized carbons (Fsp3) is 0.300. The molecule has 2 N–H and O–H groups in total. The molecule has 0 aliphatic carbocycles. The number of para-hydroxylation sites is 2. The molecule has 0 bridgehead atoms. The molecule has 200 valence electrons. The summed E-state index contributed by atoms with van der Waals surface area (Å²) in [6, 6.07) is 20.5. The minimum absolute atomic E-state index is 0.102. The average molecular weight is 519 g/mol. The van der Waals surface area contributed by atoms with Gasteiger partial charge in [0.1, 0.15) is 5.75 Å². The van der Waals surface area contributed by atoms with Crippen molar-refractivity contribution < 1.29 is 29.0 Å². The number of hydrogen-bond acceptors (Lipinski definition) is 6. The summed E-state index contributed by atoms with van der Waals surface area (Å²) < 4.78 is 10.8. The van der Waals surface area contributed by atoms with Crippen LogP contribution in [0.2, 0.25) is 0 Å². The monoisotopic (exact) mass is 518 g/mol. The number of carbonyl (C=O) groups is 3. The summed E-state index contributed by atoms with van der Waals surface area (Å²) in [5, 5.41) is 12.6. The van der Waals surface area contributed by atoms with Crippen LogP contribution in [0.5, 0.6) is 5.75 Å². The highest BCUT2D eigenvalue weighted by atomic mass is 16.5. The van der Waals surface area contributed by atoms with Crippen molar-refractivity contribution in [2.24, 2.45) is 0 Å². The molecule has 38 heavy (non-hydrogen) atoms. The number of nitrogens with zero attached hydrogens (tertiary/aromatic N) is 1. The average Bonchev–Trinajstić information content (AvgIpc) is 2.92. The van der Waals surface area contributed by atoms with E-state index in [9.17, 15) is 19.5 Å². The standard InChI is InChI=1S/C30H34N2O6/c1-3-38-28(34)15-5-4-10-20-37-21-23-11-6-8-13-26(23)32(2)30(36)22-16-18-24(19-17-22)31-29(35)25-12-7-9-14-27(25)33/h6-9,11-14,16-19,33H,3-5,10,15,20-21H2,1-2H3,(H,31,35). The molecule has 0 aliphatic heterocycles. The fourth-order valence-corrected chi connectivity index (χ4v) is 3.89. The summed E-state index contributed by atoms with van der Waals surface area (Å²) in [6.07, 6.45) is 2.91. The van der Waals surface area contributed by atoms with E-state index in [4.69, 9.17) is 9.47 Å². The molecule has 0 heterocycles. The Morgan fingerprint density at radius 2 is 1.61 bits per heavy atom.